The number of aromatic nitrogens is 4. The fourth-order valence-electron chi connectivity index (χ4n) is 2.69. The Bertz CT molecular complexity index is 1080. The molecule has 1 N–H and O–H groups in total. The first-order valence-electron chi connectivity index (χ1n) is 8.52. The van der Waals surface area contributed by atoms with Crippen LogP contribution in [0, 0.1) is 12.3 Å². The highest BCUT2D eigenvalue weighted by Gasteiger charge is 2.09. The van der Waals surface area contributed by atoms with Gasteiger partial charge in [-0.25, -0.2) is 9.97 Å². The Morgan fingerprint density at radius 2 is 2.00 bits per heavy atom. The van der Waals surface area contributed by atoms with Gasteiger partial charge < -0.3 is 10.1 Å². The standard InChI is InChI=1S/C21H17N5O/c1-2-16-8-9-19-18(14-16)20(25-21(24-19)26-12-10-22-15-26)23-11-13-27-17-6-4-3-5-7-17/h1,3-10,12,14-15H,11,13H2,(H,23,24,25). The molecule has 0 radical (unpaired) electrons. The third-order valence-corrected chi connectivity index (χ3v) is 3.99. The van der Waals surface area contributed by atoms with E-state index in [2.05, 4.69) is 26.2 Å². The van der Waals surface area contributed by atoms with Gasteiger partial charge in [0.25, 0.3) is 0 Å². The molecule has 0 saturated heterocycles. The number of nitrogens with zero attached hydrogens (tertiary/aromatic N) is 4. The van der Waals surface area contributed by atoms with Crippen LogP contribution in [0.2, 0.25) is 0 Å². The highest BCUT2D eigenvalue weighted by atomic mass is 16.5. The van der Waals surface area contributed by atoms with Crippen LogP contribution in [-0.2, 0) is 0 Å². The Morgan fingerprint density at radius 3 is 2.78 bits per heavy atom. The lowest BCUT2D eigenvalue weighted by Gasteiger charge is -2.12. The number of terminal acetylenes is 1. The van der Waals surface area contributed by atoms with E-state index in [1.54, 1.807) is 23.3 Å². The van der Waals surface area contributed by atoms with Gasteiger partial charge in [0.2, 0.25) is 5.95 Å². The molecular weight excluding hydrogens is 338 g/mol. The Morgan fingerprint density at radius 1 is 1.11 bits per heavy atom. The summed E-state index contributed by atoms with van der Waals surface area (Å²) in [6, 6.07) is 15.4. The first kappa shape index (κ1) is 16.6. The smallest absolute Gasteiger partial charge is 0.237 e. The van der Waals surface area contributed by atoms with Crippen LogP contribution in [0.3, 0.4) is 0 Å². The predicted octanol–water partition coefficient (Wildman–Crippen LogP) is 3.29. The molecule has 27 heavy (non-hydrogen) atoms. The second kappa shape index (κ2) is 7.58. The van der Waals surface area contributed by atoms with Crippen molar-refractivity contribution in [3.63, 3.8) is 0 Å². The molecule has 0 fully saturated rings. The number of imidazole rings is 1. The van der Waals surface area contributed by atoms with Crippen LogP contribution >= 0.6 is 0 Å². The van der Waals surface area contributed by atoms with Gasteiger partial charge in [-0.05, 0) is 30.3 Å². The molecule has 4 aromatic rings. The summed E-state index contributed by atoms with van der Waals surface area (Å²) in [5.41, 5.74) is 1.59. The molecule has 6 heteroatoms. The number of anilines is 1. The van der Waals surface area contributed by atoms with Gasteiger partial charge >= 0.3 is 0 Å². The van der Waals surface area contributed by atoms with E-state index in [4.69, 9.17) is 11.2 Å². The normalized spacial score (nSPS) is 10.5. The molecule has 0 aliphatic rings. The van der Waals surface area contributed by atoms with Gasteiger partial charge in [0.15, 0.2) is 0 Å². The largest absolute Gasteiger partial charge is 0.492 e. The van der Waals surface area contributed by atoms with E-state index in [-0.39, 0.29) is 0 Å². The quantitative estimate of drug-likeness (QED) is 0.425. The summed E-state index contributed by atoms with van der Waals surface area (Å²) in [4.78, 5) is 13.3. The summed E-state index contributed by atoms with van der Waals surface area (Å²) in [6.07, 6.45) is 10.7. The minimum absolute atomic E-state index is 0.505. The molecule has 4 rings (SSSR count). The van der Waals surface area contributed by atoms with Crippen LogP contribution in [0.1, 0.15) is 5.56 Å². The zero-order chi connectivity index (χ0) is 18.5. The van der Waals surface area contributed by atoms with Crippen molar-refractivity contribution >= 4 is 16.7 Å². The Kier molecular flexibility index (Phi) is 4.66. The van der Waals surface area contributed by atoms with Crippen LogP contribution in [0.15, 0.2) is 67.3 Å². The summed E-state index contributed by atoms with van der Waals surface area (Å²) in [5.74, 6) is 4.74. The van der Waals surface area contributed by atoms with Crippen LogP contribution in [0.4, 0.5) is 5.82 Å². The molecular formula is C21H17N5O. The van der Waals surface area contributed by atoms with E-state index in [1.165, 1.54) is 0 Å². The summed E-state index contributed by atoms with van der Waals surface area (Å²) < 4.78 is 7.50. The molecule has 0 saturated carbocycles. The first-order valence-corrected chi connectivity index (χ1v) is 8.52. The minimum atomic E-state index is 0.505. The van der Waals surface area contributed by atoms with Crippen molar-refractivity contribution in [2.24, 2.45) is 0 Å². The molecule has 0 aliphatic heterocycles. The number of ether oxygens (including phenoxy) is 1. The second-order valence-corrected chi connectivity index (χ2v) is 5.81. The number of hydrogen-bond donors (Lipinski definition) is 1. The van der Waals surface area contributed by atoms with E-state index in [9.17, 15) is 0 Å². The summed E-state index contributed by atoms with van der Waals surface area (Å²) in [7, 11) is 0. The van der Waals surface area contributed by atoms with Gasteiger partial charge in [-0.2, -0.15) is 4.98 Å². The maximum Gasteiger partial charge on any atom is 0.237 e. The number of nitrogens with one attached hydrogen (secondary N) is 1. The monoisotopic (exact) mass is 355 g/mol. The summed E-state index contributed by atoms with van der Waals surface area (Å²) >= 11 is 0. The Hall–Kier alpha value is -3.85. The summed E-state index contributed by atoms with van der Waals surface area (Å²) in [6.45, 7) is 1.09. The van der Waals surface area contributed by atoms with E-state index in [0.29, 0.717) is 24.9 Å². The number of benzene rings is 2. The fraction of sp³-hybridized carbons (Fsp3) is 0.0952. The first-order chi connectivity index (χ1) is 13.3. The highest BCUT2D eigenvalue weighted by molar-refractivity contribution is 5.90. The van der Waals surface area contributed by atoms with Gasteiger partial charge in [-0.3, -0.25) is 4.57 Å². The molecule has 6 nitrogen and oxygen atoms in total. The molecule has 0 unspecified atom stereocenters. The van der Waals surface area contributed by atoms with Crippen LogP contribution < -0.4 is 10.1 Å². The predicted molar refractivity (Wildman–Crippen MR) is 105 cm³/mol. The average Bonchev–Trinajstić information content (AvgIpc) is 3.26. The lowest BCUT2D eigenvalue weighted by molar-refractivity contribution is 0.333. The van der Waals surface area contributed by atoms with E-state index < -0.39 is 0 Å². The van der Waals surface area contributed by atoms with Crippen molar-refractivity contribution < 1.29 is 4.74 Å². The molecule has 2 aromatic carbocycles. The Labute approximate surface area is 156 Å². The molecule has 0 amide bonds. The maximum absolute atomic E-state index is 5.73. The van der Waals surface area contributed by atoms with Crippen molar-refractivity contribution in [2.45, 2.75) is 0 Å². The van der Waals surface area contributed by atoms with Crippen molar-refractivity contribution in [3.05, 3.63) is 72.8 Å². The fourth-order valence-corrected chi connectivity index (χ4v) is 2.69. The van der Waals surface area contributed by atoms with Crippen molar-refractivity contribution in [3.8, 4) is 24.0 Å². The molecule has 2 heterocycles. The molecule has 132 valence electrons. The van der Waals surface area contributed by atoms with E-state index in [1.807, 2.05) is 48.5 Å². The van der Waals surface area contributed by atoms with Gasteiger partial charge in [0.1, 0.15) is 24.5 Å². The number of rotatable bonds is 6. The third kappa shape index (κ3) is 3.72. The van der Waals surface area contributed by atoms with Crippen molar-refractivity contribution in [1.29, 1.82) is 0 Å². The molecule has 0 spiro atoms. The topological polar surface area (TPSA) is 64.9 Å². The van der Waals surface area contributed by atoms with Crippen molar-refractivity contribution in [2.75, 3.05) is 18.5 Å². The Balaban J connectivity index is 1.59. The SMILES string of the molecule is C#Cc1ccc2nc(-n3ccnc3)nc(NCCOc3ccccc3)c2c1. The van der Waals surface area contributed by atoms with E-state index >= 15 is 0 Å². The summed E-state index contributed by atoms with van der Waals surface area (Å²) in [5, 5.41) is 4.20. The van der Waals surface area contributed by atoms with Gasteiger partial charge in [-0.15, -0.1) is 6.42 Å². The van der Waals surface area contributed by atoms with Gasteiger partial charge in [0, 0.05) is 23.3 Å². The lowest BCUT2D eigenvalue weighted by Crippen LogP contribution is -2.14. The van der Waals surface area contributed by atoms with Crippen LogP contribution in [0.5, 0.6) is 5.75 Å². The molecule has 0 atom stereocenters. The van der Waals surface area contributed by atoms with Crippen LogP contribution in [-0.4, -0.2) is 32.7 Å². The third-order valence-electron chi connectivity index (χ3n) is 3.99. The number of fused-ring (bicyclic) bond motifs is 1. The van der Waals surface area contributed by atoms with Gasteiger partial charge in [0.05, 0.1) is 12.1 Å². The highest BCUT2D eigenvalue weighted by Crippen LogP contribution is 2.23. The zero-order valence-electron chi connectivity index (χ0n) is 14.5. The second-order valence-electron chi connectivity index (χ2n) is 5.81. The number of para-hydroxylation sites is 1. The number of hydrogen-bond acceptors (Lipinski definition) is 5. The van der Waals surface area contributed by atoms with Gasteiger partial charge in [-0.1, -0.05) is 24.1 Å². The van der Waals surface area contributed by atoms with E-state index in [0.717, 1.165) is 22.2 Å². The van der Waals surface area contributed by atoms with Crippen molar-refractivity contribution in [1.82, 2.24) is 19.5 Å². The maximum atomic E-state index is 5.73. The van der Waals surface area contributed by atoms with Crippen LogP contribution in [0.25, 0.3) is 16.9 Å². The minimum Gasteiger partial charge on any atom is -0.492 e. The molecule has 0 bridgehead atoms. The molecule has 0 aliphatic carbocycles. The molecule has 2 aromatic heterocycles. The lowest BCUT2D eigenvalue weighted by atomic mass is 10.1. The zero-order valence-corrected chi connectivity index (χ0v) is 14.5. The average molecular weight is 355 g/mol.